The highest BCUT2D eigenvalue weighted by Gasteiger charge is 2.27. The van der Waals surface area contributed by atoms with E-state index in [1.165, 1.54) is 4.31 Å². The number of nitrogens with zero attached hydrogens (tertiary/aromatic N) is 2. The van der Waals surface area contributed by atoms with Gasteiger partial charge in [0.05, 0.1) is 11.8 Å². The zero-order chi connectivity index (χ0) is 14.3. The Bertz CT molecular complexity index is 434. The van der Waals surface area contributed by atoms with Gasteiger partial charge in [-0.3, -0.25) is 4.79 Å². The molecule has 0 radical (unpaired) electrons. The lowest BCUT2D eigenvalue weighted by Crippen LogP contribution is -2.47. The topological polar surface area (TPSA) is 90.3 Å². The van der Waals surface area contributed by atoms with Crippen LogP contribution in [0, 0.1) is 11.3 Å². The second-order valence-electron chi connectivity index (χ2n) is 4.75. The average molecular weight is 287 g/mol. The summed E-state index contributed by atoms with van der Waals surface area (Å²) >= 11 is 0. The van der Waals surface area contributed by atoms with Crippen molar-refractivity contribution in [1.82, 2.24) is 9.62 Å². The van der Waals surface area contributed by atoms with Gasteiger partial charge in [-0.25, -0.2) is 12.7 Å². The fraction of sp³-hybridized carbons (Fsp3) is 0.833. The SMILES string of the molecule is CCCCS(=O)(=O)N1CCC(NC(=O)CC#N)CC1. The summed E-state index contributed by atoms with van der Waals surface area (Å²) in [6.45, 7) is 2.86. The molecule has 0 aliphatic carbocycles. The van der Waals surface area contributed by atoms with Crippen LogP contribution in [0.15, 0.2) is 0 Å². The molecule has 1 heterocycles. The lowest BCUT2D eigenvalue weighted by atomic mass is 10.1. The van der Waals surface area contributed by atoms with E-state index in [1.807, 2.05) is 6.92 Å². The summed E-state index contributed by atoms with van der Waals surface area (Å²) in [5.41, 5.74) is 0. The fourth-order valence-corrected chi connectivity index (χ4v) is 3.76. The summed E-state index contributed by atoms with van der Waals surface area (Å²) in [5, 5.41) is 11.2. The number of sulfonamides is 1. The number of carbonyl (C=O) groups is 1. The number of hydrogen-bond acceptors (Lipinski definition) is 4. The van der Waals surface area contributed by atoms with Gasteiger partial charge < -0.3 is 5.32 Å². The number of nitrogens with one attached hydrogen (secondary N) is 1. The summed E-state index contributed by atoms with van der Waals surface area (Å²) in [4.78, 5) is 11.3. The Kier molecular flexibility index (Phi) is 6.25. The van der Waals surface area contributed by atoms with Gasteiger partial charge in [0.1, 0.15) is 6.42 Å². The summed E-state index contributed by atoms with van der Waals surface area (Å²) in [6.07, 6.45) is 2.63. The molecule has 1 N–H and O–H groups in total. The van der Waals surface area contributed by atoms with E-state index in [1.54, 1.807) is 6.07 Å². The first kappa shape index (κ1) is 15.9. The smallest absolute Gasteiger partial charge is 0.234 e. The summed E-state index contributed by atoms with van der Waals surface area (Å²) in [6, 6.07) is 1.78. The van der Waals surface area contributed by atoms with Crippen LogP contribution in [0.25, 0.3) is 0 Å². The first-order chi connectivity index (χ1) is 8.99. The number of piperidine rings is 1. The summed E-state index contributed by atoms with van der Waals surface area (Å²) in [7, 11) is -3.14. The average Bonchev–Trinajstić information content (AvgIpc) is 2.37. The van der Waals surface area contributed by atoms with E-state index in [0.29, 0.717) is 32.4 Å². The Morgan fingerprint density at radius 2 is 2.05 bits per heavy atom. The van der Waals surface area contributed by atoms with Gasteiger partial charge in [0, 0.05) is 19.1 Å². The van der Waals surface area contributed by atoms with Crippen molar-refractivity contribution in [3.05, 3.63) is 0 Å². The molecule has 1 aliphatic rings. The monoisotopic (exact) mass is 287 g/mol. The molecule has 0 bridgehead atoms. The highest BCUT2D eigenvalue weighted by Crippen LogP contribution is 2.15. The van der Waals surface area contributed by atoms with Gasteiger partial charge in [-0.05, 0) is 19.3 Å². The van der Waals surface area contributed by atoms with E-state index in [2.05, 4.69) is 5.32 Å². The quantitative estimate of drug-likeness (QED) is 0.775. The molecule has 0 unspecified atom stereocenters. The van der Waals surface area contributed by atoms with Crippen molar-refractivity contribution >= 4 is 15.9 Å². The van der Waals surface area contributed by atoms with E-state index in [-0.39, 0.29) is 24.1 Å². The van der Waals surface area contributed by atoms with Crippen molar-refractivity contribution in [3.63, 3.8) is 0 Å². The normalized spacial score (nSPS) is 17.9. The maximum absolute atomic E-state index is 12.0. The largest absolute Gasteiger partial charge is 0.352 e. The summed E-state index contributed by atoms with van der Waals surface area (Å²) < 4.78 is 25.5. The highest BCUT2D eigenvalue weighted by molar-refractivity contribution is 7.89. The third-order valence-corrected chi connectivity index (χ3v) is 5.16. The lowest BCUT2D eigenvalue weighted by molar-refractivity contribution is -0.121. The Balaban J connectivity index is 2.40. The molecule has 19 heavy (non-hydrogen) atoms. The molecular weight excluding hydrogens is 266 g/mol. The summed E-state index contributed by atoms with van der Waals surface area (Å²) in [5.74, 6) is -0.0793. The van der Waals surface area contributed by atoms with E-state index in [9.17, 15) is 13.2 Å². The van der Waals surface area contributed by atoms with Gasteiger partial charge in [-0.1, -0.05) is 13.3 Å². The number of hydrogen-bond donors (Lipinski definition) is 1. The van der Waals surface area contributed by atoms with Crippen LogP contribution in [0.1, 0.15) is 39.0 Å². The second kappa shape index (κ2) is 7.46. The maximum atomic E-state index is 12.0. The van der Waals surface area contributed by atoms with Gasteiger partial charge in [0.15, 0.2) is 0 Å². The van der Waals surface area contributed by atoms with Crippen LogP contribution in [0.2, 0.25) is 0 Å². The number of rotatable bonds is 6. The second-order valence-corrected chi connectivity index (χ2v) is 6.83. The zero-order valence-corrected chi connectivity index (χ0v) is 12.1. The molecule has 1 rings (SSSR count). The van der Waals surface area contributed by atoms with Gasteiger partial charge >= 0.3 is 0 Å². The fourth-order valence-electron chi connectivity index (χ4n) is 2.08. The number of unbranched alkanes of at least 4 members (excludes halogenated alkanes) is 1. The van der Waals surface area contributed by atoms with Crippen molar-refractivity contribution in [3.8, 4) is 6.07 Å². The van der Waals surface area contributed by atoms with Crippen LogP contribution in [0.4, 0.5) is 0 Å². The van der Waals surface area contributed by atoms with Crippen LogP contribution in [-0.4, -0.2) is 43.5 Å². The standard InChI is InChI=1S/C12H21N3O3S/c1-2-3-10-19(17,18)15-8-5-11(6-9-15)14-12(16)4-7-13/h11H,2-6,8-10H2,1H3,(H,14,16). The third-order valence-electron chi connectivity index (χ3n) is 3.21. The Hall–Kier alpha value is -1.13. The molecule has 0 atom stereocenters. The minimum absolute atomic E-state index is 0.0153. The van der Waals surface area contributed by atoms with Gasteiger partial charge in [-0.2, -0.15) is 5.26 Å². The first-order valence-electron chi connectivity index (χ1n) is 6.63. The van der Waals surface area contributed by atoms with Crippen LogP contribution in [0.3, 0.4) is 0 Å². The number of amides is 1. The minimum atomic E-state index is -3.14. The predicted molar refractivity (Wildman–Crippen MR) is 71.7 cm³/mol. The van der Waals surface area contributed by atoms with Crippen LogP contribution in [0.5, 0.6) is 0 Å². The van der Waals surface area contributed by atoms with Crippen molar-refractivity contribution in [2.45, 2.75) is 45.1 Å². The number of nitriles is 1. The van der Waals surface area contributed by atoms with Crippen molar-refractivity contribution < 1.29 is 13.2 Å². The van der Waals surface area contributed by atoms with Gasteiger partial charge in [0.2, 0.25) is 15.9 Å². The molecule has 0 aromatic rings. The van der Waals surface area contributed by atoms with Crippen molar-refractivity contribution in [2.75, 3.05) is 18.8 Å². The lowest BCUT2D eigenvalue weighted by Gasteiger charge is -2.31. The van der Waals surface area contributed by atoms with E-state index < -0.39 is 10.0 Å². The minimum Gasteiger partial charge on any atom is -0.352 e. The molecular formula is C12H21N3O3S. The van der Waals surface area contributed by atoms with Gasteiger partial charge in [-0.15, -0.1) is 0 Å². The zero-order valence-electron chi connectivity index (χ0n) is 11.3. The Morgan fingerprint density at radius 1 is 1.42 bits per heavy atom. The third kappa shape index (κ3) is 5.17. The van der Waals surface area contributed by atoms with Crippen LogP contribution in [-0.2, 0) is 14.8 Å². The predicted octanol–water partition coefficient (Wildman–Crippen LogP) is 0.611. The molecule has 1 aliphatic heterocycles. The molecule has 0 spiro atoms. The first-order valence-corrected chi connectivity index (χ1v) is 8.24. The van der Waals surface area contributed by atoms with Crippen molar-refractivity contribution in [2.24, 2.45) is 0 Å². The van der Waals surface area contributed by atoms with Crippen molar-refractivity contribution in [1.29, 1.82) is 5.26 Å². The van der Waals surface area contributed by atoms with E-state index >= 15 is 0 Å². The van der Waals surface area contributed by atoms with Crippen LogP contribution < -0.4 is 5.32 Å². The molecule has 1 fully saturated rings. The number of carbonyl (C=O) groups excluding carboxylic acids is 1. The molecule has 1 saturated heterocycles. The van der Waals surface area contributed by atoms with Gasteiger partial charge in [0.25, 0.3) is 0 Å². The molecule has 7 heteroatoms. The molecule has 1 amide bonds. The molecule has 0 aromatic carbocycles. The molecule has 6 nitrogen and oxygen atoms in total. The molecule has 108 valence electrons. The maximum Gasteiger partial charge on any atom is 0.234 e. The molecule has 0 saturated carbocycles. The Labute approximate surface area is 114 Å². The Morgan fingerprint density at radius 3 is 2.58 bits per heavy atom. The highest BCUT2D eigenvalue weighted by atomic mass is 32.2. The van der Waals surface area contributed by atoms with E-state index in [4.69, 9.17) is 5.26 Å². The molecule has 0 aromatic heterocycles. The van der Waals surface area contributed by atoms with Crippen LogP contribution >= 0.6 is 0 Å². The van der Waals surface area contributed by atoms with E-state index in [0.717, 1.165) is 6.42 Å².